The van der Waals surface area contributed by atoms with Crippen LogP contribution in [0.5, 0.6) is 0 Å². The zero-order valence-corrected chi connectivity index (χ0v) is 17.9. The number of fused-ring (bicyclic) bond motifs is 1. The maximum atomic E-state index is 13.2. The van der Waals surface area contributed by atoms with Gasteiger partial charge in [-0.2, -0.15) is 0 Å². The molecule has 0 saturated carbocycles. The molecule has 0 aliphatic carbocycles. The minimum absolute atomic E-state index is 0.0940. The third-order valence-electron chi connectivity index (χ3n) is 4.41. The van der Waals surface area contributed by atoms with Crippen LogP contribution in [0.2, 0.25) is 5.02 Å². The highest BCUT2D eigenvalue weighted by atomic mass is 35.5. The van der Waals surface area contributed by atoms with Crippen LogP contribution >= 0.6 is 23.4 Å². The van der Waals surface area contributed by atoms with Gasteiger partial charge in [-0.05, 0) is 49.6 Å². The molecule has 152 valence electrons. The molecule has 29 heavy (non-hydrogen) atoms. The molecule has 0 atom stereocenters. The Morgan fingerprint density at radius 1 is 1.17 bits per heavy atom. The molecular weight excluding hydrogens is 406 g/mol. The first-order valence-corrected chi connectivity index (χ1v) is 11.1. The molecule has 1 N–H and O–H groups in total. The van der Waals surface area contributed by atoms with E-state index in [4.69, 9.17) is 16.6 Å². The van der Waals surface area contributed by atoms with Crippen LogP contribution in [0.1, 0.15) is 32.6 Å². The molecule has 0 spiro atoms. The molecule has 7 heteroatoms. The number of unbranched alkanes of at least 4 members (excludes halogenated alkanes) is 1. The highest BCUT2D eigenvalue weighted by Crippen LogP contribution is 2.23. The summed E-state index contributed by atoms with van der Waals surface area (Å²) >= 11 is 7.67. The predicted octanol–water partition coefficient (Wildman–Crippen LogP) is 4.83. The van der Waals surface area contributed by atoms with Gasteiger partial charge >= 0.3 is 0 Å². The number of nitrogens with zero attached hydrogens (tertiary/aromatic N) is 2. The van der Waals surface area contributed by atoms with Crippen molar-refractivity contribution in [3.63, 3.8) is 0 Å². The van der Waals surface area contributed by atoms with Gasteiger partial charge in [0, 0.05) is 23.7 Å². The van der Waals surface area contributed by atoms with Crippen LogP contribution in [0.3, 0.4) is 0 Å². The average Bonchev–Trinajstić information content (AvgIpc) is 2.72. The van der Waals surface area contributed by atoms with Crippen LogP contribution < -0.4 is 10.9 Å². The quantitative estimate of drug-likeness (QED) is 0.300. The summed E-state index contributed by atoms with van der Waals surface area (Å²) in [7, 11) is 0. The number of thioether (sulfide) groups is 1. The van der Waals surface area contributed by atoms with Crippen LogP contribution in [-0.4, -0.2) is 27.8 Å². The number of carbonyl (C=O) groups excluding carboxylic acids is 1. The molecule has 5 nitrogen and oxygen atoms in total. The van der Waals surface area contributed by atoms with Crippen molar-refractivity contribution in [3.05, 3.63) is 63.9 Å². The van der Waals surface area contributed by atoms with Crippen LogP contribution in [0, 0.1) is 0 Å². The smallest absolute Gasteiger partial charge is 0.266 e. The molecule has 0 radical (unpaired) electrons. The van der Waals surface area contributed by atoms with Gasteiger partial charge in [0.1, 0.15) is 0 Å². The Morgan fingerprint density at radius 3 is 2.79 bits per heavy atom. The zero-order chi connectivity index (χ0) is 20.6. The summed E-state index contributed by atoms with van der Waals surface area (Å²) in [6, 6.07) is 14.6. The van der Waals surface area contributed by atoms with E-state index >= 15 is 0 Å². The van der Waals surface area contributed by atoms with E-state index in [-0.39, 0.29) is 11.5 Å². The van der Waals surface area contributed by atoms with Gasteiger partial charge in [-0.15, -0.1) is 0 Å². The van der Waals surface area contributed by atoms with E-state index < -0.39 is 0 Å². The van der Waals surface area contributed by atoms with Crippen LogP contribution in [0.4, 0.5) is 0 Å². The lowest BCUT2D eigenvalue weighted by molar-refractivity contribution is -0.121. The summed E-state index contributed by atoms with van der Waals surface area (Å²) in [5, 5.41) is 4.66. The summed E-state index contributed by atoms with van der Waals surface area (Å²) in [4.78, 5) is 29.6. The van der Waals surface area contributed by atoms with Gasteiger partial charge in [-0.25, -0.2) is 4.98 Å². The lowest BCUT2D eigenvalue weighted by Crippen LogP contribution is -2.23. The second-order valence-electron chi connectivity index (χ2n) is 6.69. The van der Waals surface area contributed by atoms with E-state index in [1.54, 1.807) is 22.8 Å². The molecule has 1 aromatic heterocycles. The lowest BCUT2D eigenvalue weighted by atomic mass is 10.2. The second-order valence-corrected chi connectivity index (χ2v) is 8.19. The van der Waals surface area contributed by atoms with Crippen molar-refractivity contribution in [2.45, 2.75) is 37.8 Å². The Balaban J connectivity index is 1.78. The number of carbonyl (C=O) groups is 1. The van der Waals surface area contributed by atoms with Crippen molar-refractivity contribution in [2.24, 2.45) is 0 Å². The highest BCUT2D eigenvalue weighted by Gasteiger charge is 2.13. The first-order chi connectivity index (χ1) is 14.1. The summed E-state index contributed by atoms with van der Waals surface area (Å²) in [5.41, 5.74) is 1.26. The fourth-order valence-corrected chi connectivity index (χ4v) is 4.15. The Bertz CT molecular complexity index is 1050. The van der Waals surface area contributed by atoms with Crippen molar-refractivity contribution in [1.29, 1.82) is 0 Å². The highest BCUT2D eigenvalue weighted by molar-refractivity contribution is 7.99. The van der Waals surface area contributed by atoms with E-state index in [1.165, 1.54) is 11.8 Å². The normalized spacial score (nSPS) is 11.0. The molecular formula is C22H24ClN3O2S. The maximum absolute atomic E-state index is 13.2. The minimum Gasteiger partial charge on any atom is -0.356 e. The molecule has 0 unspecified atom stereocenters. The topological polar surface area (TPSA) is 64.0 Å². The third kappa shape index (κ3) is 5.61. The molecule has 0 saturated heterocycles. The van der Waals surface area contributed by atoms with Crippen LogP contribution in [0.15, 0.2) is 58.5 Å². The molecule has 1 amide bonds. The fourth-order valence-electron chi connectivity index (χ4n) is 2.96. The van der Waals surface area contributed by atoms with Gasteiger partial charge in [0.15, 0.2) is 5.16 Å². The molecule has 3 aromatic rings. The Labute approximate surface area is 179 Å². The van der Waals surface area contributed by atoms with E-state index in [1.807, 2.05) is 37.3 Å². The standard InChI is InChI=1S/C22H24ClN3O2S/c1-2-13-24-20(27)12-5-6-14-29-22-25-19-11-4-3-10-18(19)21(28)26(22)17-9-7-8-16(23)15-17/h3-4,7-11,15H,2,5-6,12-14H2,1H3,(H,24,27). The molecule has 1 heterocycles. The van der Waals surface area contributed by atoms with Crippen LogP contribution in [0.25, 0.3) is 16.6 Å². The number of amides is 1. The fraction of sp³-hybridized carbons (Fsp3) is 0.318. The van der Waals surface area contributed by atoms with E-state index in [0.29, 0.717) is 33.2 Å². The van der Waals surface area contributed by atoms with E-state index in [9.17, 15) is 9.59 Å². The molecule has 3 rings (SSSR count). The molecule has 0 aliphatic heterocycles. The van der Waals surface area contributed by atoms with Gasteiger partial charge in [-0.3, -0.25) is 14.2 Å². The van der Waals surface area contributed by atoms with E-state index in [0.717, 1.165) is 31.6 Å². The number of benzene rings is 2. The molecule has 0 aliphatic rings. The summed E-state index contributed by atoms with van der Waals surface area (Å²) < 4.78 is 1.62. The lowest BCUT2D eigenvalue weighted by Gasteiger charge is -2.13. The Hall–Kier alpha value is -2.31. The molecule has 0 fully saturated rings. The van der Waals surface area contributed by atoms with Gasteiger partial charge in [0.05, 0.1) is 16.6 Å². The van der Waals surface area contributed by atoms with Crippen molar-refractivity contribution < 1.29 is 4.79 Å². The average molecular weight is 430 g/mol. The number of hydrogen-bond acceptors (Lipinski definition) is 4. The van der Waals surface area contributed by atoms with Crippen LogP contribution in [-0.2, 0) is 4.79 Å². The van der Waals surface area contributed by atoms with Gasteiger partial charge in [0.25, 0.3) is 5.56 Å². The number of aromatic nitrogens is 2. The van der Waals surface area contributed by atoms with Crippen molar-refractivity contribution >= 4 is 40.2 Å². The number of nitrogens with one attached hydrogen (secondary N) is 1. The van der Waals surface area contributed by atoms with Crippen molar-refractivity contribution in [3.8, 4) is 5.69 Å². The molecule has 0 bridgehead atoms. The molecule has 2 aromatic carbocycles. The second kappa shape index (κ2) is 10.5. The number of hydrogen-bond donors (Lipinski definition) is 1. The summed E-state index contributed by atoms with van der Waals surface area (Å²) in [6.07, 6.45) is 3.13. The number of rotatable bonds is 9. The predicted molar refractivity (Wildman–Crippen MR) is 120 cm³/mol. The minimum atomic E-state index is -0.112. The maximum Gasteiger partial charge on any atom is 0.266 e. The Kier molecular flexibility index (Phi) is 7.72. The van der Waals surface area contributed by atoms with Gasteiger partial charge in [0.2, 0.25) is 5.91 Å². The summed E-state index contributed by atoms with van der Waals surface area (Å²) in [5.74, 6) is 0.864. The van der Waals surface area contributed by atoms with Gasteiger partial charge in [-0.1, -0.05) is 48.5 Å². The monoisotopic (exact) mass is 429 g/mol. The first kappa shape index (κ1) is 21.4. The van der Waals surface area contributed by atoms with Crippen molar-refractivity contribution in [2.75, 3.05) is 12.3 Å². The largest absolute Gasteiger partial charge is 0.356 e. The van der Waals surface area contributed by atoms with Gasteiger partial charge < -0.3 is 5.32 Å². The number of para-hydroxylation sites is 1. The first-order valence-electron chi connectivity index (χ1n) is 9.77. The zero-order valence-electron chi connectivity index (χ0n) is 16.4. The SMILES string of the molecule is CCCNC(=O)CCCCSc1nc2ccccc2c(=O)n1-c1cccc(Cl)c1. The van der Waals surface area contributed by atoms with E-state index in [2.05, 4.69) is 5.32 Å². The third-order valence-corrected chi connectivity index (χ3v) is 5.67. The number of halogens is 1. The van der Waals surface area contributed by atoms with Crippen molar-refractivity contribution in [1.82, 2.24) is 14.9 Å². The summed E-state index contributed by atoms with van der Waals surface area (Å²) in [6.45, 7) is 2.76. The Morgan fingerprint density at radius 2 is 2.00 bits per heavy atom.